The van der Waals surface area contributed by atoms with Crippen LogP contribution in [0.5, 0.6) is 0 Å². The monoisotopic (exact) mass is 365 g/mol. The van der Waals surface area contributed by atoms with Crippen LogP contribution in [-0.4, -0.2) is 48.4 Å². The molecule has 0 bridgehead atoms. The van der Waals surface area contributed by atoms with Gasteiger partial charge < -0.3 is 5.32 Å². The van der Waals surface area contributed by atoms with Crippen LogP contribution in [-0.2, 0) is 20.1 Å². The highest BCUT2D eigenvalue weighted by Crippen LogP contribution is 2.24. The Morgan fingerprint density at radius 1 is 1.22 bits per heavy atom. The lowest BCUT2D eigenvalue weighted by Gasteiger charge is -2.33. The van der Waals surface area contributed by atoms with Gasteiger partial charge in [0.15, 0.2) is 0 Å². The lowest BCUT2D eigenvalue weighted by atomic mass is 10.1. The van der Waals surface area contributed by atoms with E-state index < -0.39 is 0 Å². The van der Waals surface area contributed by atoms with Gasteiger partial charge in [0.25, 0.3) is 5.91 Å². The number of fused-ring (bicyclic) bond motifs is 1. The van der Waals surface area contributed by atoms with Crippen LogP contribution in [0.1, 0.15) is 34.1 Å². The second-order valence-corrected chi connectivity index (χ2v) is 6.89. The number of hydrogen-bond donors (Lipinski definition) is 1. The van der Waals surface area contributed by atoms with E-state index in [4.69, 9.17) is 0 Å². The Balaban J connectivity index is 1.37. The molecular weight excluding hydrogens is 342 g/mol. The molecule has 8 heteroatoms. The van der Waals surface area contributed by atoms with Crippen LogP contribution in [0.3, 0.4) is 0 Å². The van der Waals surface area contributed by atoms with E-state index in [-0.39, 0.29) is 11.9 Å². The van der Waals surface area contributed by atoms with Crippen molar-refractivity contribution < 1.29 is 4.79 Å². The molecule has 1 amide bonds. The van der Waals surface area contributed by atoms with Crippen LogP contribution < -0.4 is 5.32 Å². The molecule has 0 spiro atoms. The fourth-order valence-electron chi connectivity index (χ4n) is 3.57. The first-order valence-electron chi connectivity index (χ1n) is 9.09. The number of nitrogens with zero attached hydrogens (tertiary/aromatic N) is 6. The van der Waals surface area contributed by atoms with Crippen molar-refractivity contribution in [2.45, 2.75) is 25.6 Å². The number of amides is 1. The molecule has 0 radical (unpaired) electrons. The minimum absolute atomic E-state index is 0.0684. The van der Waals surface area contributed by atoms with Crippen LogP contribution in [0.2, 0.25) is 0 Å². The third kappa shape index (κ3) is 4.06. The van der Waals surface area contributed by atoms with Gasteiger partial charge in [-0.1, -0.05) is 0 Å². The van der Waals surface area contributed by atoms with Crippen molar-refractivity contribution >= 4 is 5.91 Å². The van der Waals surface area contributed by atoms with E-state index in [1.54, 1.807) is 24.5 Å². The summed E-state index contributed by atoms with van der Waals surface area (Å²) < 4.78 is 3.92. The number of rotatable bonds is 6. The van der Waals surface area contributed by atoms with Gasteiger partial charge in [0.2, 0.25) is 0 Å². The zero-order valence-corrected chi connectivity index (χ0v) is 15.3. The van der Waals surface area contributed by atoms with Crippen LogP contribution in [0.25, 0.3) is 0 Å². The summed E-state index contributed by atoms with van der Waals surface area (Å²) in [6, 6.07) is 5.74. The molecule has 0 saturated heterocycles. The van der Waals surface area contributed by atoms with Crippen LogP contribution >= 0.6 is 0 Å². The fraction of sp³-hybridized carbons (Fsp3) is 0.368. The van der Waals surface area contributed by atoms with Crippen LogP contribution in [0.15, 0.2) is 49.2 Å². The summed E-state index contributed by atoms with van der Waals surface area (Å²) >= 11 is 0. The molecule has 3 aromatic heterocycles. The van der Waals surface area contributed by atoms with E-state index in [2.05, 4.69) is 42.3 Å². The van der Waals surface area contributed by atoms with Crippen molar-refractivity contribution in [3.05, 3.63) is 66.0 Å². The molecule has 0 aliphatic carbocycles. The second kappa shape index (κ2) is 7.71. The SMILES string of the molecule is Cn1cc(CN2Cc3ccnn3[C@@H](CCNC(=O)c3ccncc3)C2)cn1. The number of pyridine rings is 1. The molecular formula is C19H23N7O. The normalized spacial score (nSPS) is 16.9. The highest BCUT2D eigenvalue weighted by Gasteiger charge is 2.25. The topological polar surface area (TPSA) is 80.9 Å². The maximum atomic E-state index is 12.2. The molecule has 0 unspecified atom stereocenters. The smallest absolute Gasteiger partial charge is 0.251 e. The van der Waals surface area contributed by atoms with Crippen LogP contribution in [0.4, 0.5) is 0 Å². The lowest BCUT2D eigenvalue weighted by Crippen LogP contribution is -2.38. The Labute approximate surface area is 157 Å². The van der Waals surface area contributed by atoms with Gasteiger partial charge in [-0.3, -0.25) is 24.0 Å². The first-order valence-corrected chi connectivity index (χ1v) is 9.09. The minimum Gasteiger partial charge on any atom is -0.352 e. The molecule has 0 fully saturated rings. The minimum atomic E-state index is -0.0684. The quantitative estimate of drug-likeness (QED) is 0.714. The van der Waals surface area contributed by atoms with Crippen molar-refractivity contribution in [1.82, 2.24) is 34.8 Å². The zero-order valence-electron chi connectivity index (χ0n) is 15.3. The van der Waals surface area contributed by atoms with Gasteiger partial charge in [0, 0.05) is 69.1 Å². The molecule has 0 aromatic carbocycles. The lowest BCUT2D eigenvalue weighted by molar-refractivity contribution is 0.0947. The Bertz CT molecular complexity index is 902. The molecule has 4 heterocycles. The molecule has 1 N–H and O–H groups in total. The van der Waals surface area contributed by atoms with Crippen LogP contribution in [0, 0.1) is 0 Å². The molecule has 1 atom stereocenters. The first kappa shape index (κ1) is 17.4. The maximum Gasteiger partial charge on any atom is 0.251 e. The van der Waals surface area contributed by atoms with Gasteiger partial charge in [0.05, 0.1) is 17.9 Å². The van der Waals surface area contributed by atoms with Gasteiger partial charge in [-0.25, -0.2) is 0 Å². The average molecular weight is 365 g/mol. The average Bonchev–Trinajstić information content (AvgIpc) is 3.31. The zero-order chi connectivity index (χ0) is 18.6. The summed E-state index contributed by atoms with van der Waals surface area (Å²) in [6.45, 7) is 3.23. The summed E-state index contributed by atoms with van der Waals surface area (Å²) in [6.07, 6.45) is 9.90. The van der Waals surface area contributed by atoms with E-state index in [1.807, 2.05) is 24.1 Å². The van der Waals surface area contributed by atoms with E-state index >= 15 is 0 Å². The molecule has 1 aliphatic rings. The highest BCUT2D eigenvalue weighted by molar-refractivity contribution is 5.93. The molecule has 140 valence electrons. The van der Waals surface area contributed by atoms with Gasteiger partial charge in [-0.15, -0.1) is 0 Å². The predicted octanol–water partition coefficient (Wildman–Crippen LogP) is 1.39. The third-order valence-electron chi connectivity index (χ3n) is 4.82. The van der Waals surface area contributed by atoms with Crippen molar-refractivity contribution in [2.75, 3.05) is 13.1 Å². The molecule has 4 rings (SSSR count). The standard InChI is InChI=1S/C19H23N7O/c1-24-11-15(10-23-24)12-25-13-17(26-18(14-25)5-9-22-26)4-8-21-19(27)16-2-6-20-7-3-16/h2-3,5-7,9-11,17H,4,8,12-14H2,1H3,(H,21,27)/t17-/m0/s1. The van der Waals surface area contributed by atoms with Gasteiger partial charge in [0.1, 0.15) is 0 Å². The molecule has 8 nitrogen and oxygen atoms in total. The highest BCUT2D eigenvalue weighted by atomic mass is 16.1. The number of nitrogens with one attached hydrogen (secondary N) is 1. The summed E-state index contributed by atoms with van der Waals surface area (Å²) in [5.41, 5.74) is 3.04. The number of carbonyl (C=O) groups excluding carboxylic acids is 1. The predicted molar refractivity (Wildman–Crippen MR) is 99.8 cm³/mol. The third-order valence-corrected chi connectivity index (χ3v) is 4.82. The van der Waals surface area contributed by atoms with E-state index in [0.717, 1.165) is 26.1 Å². The number of aryl methyl sites for hydroxylation is 1. The van der Waals surface area contributed by atoms with Crippen molar-refractivity contribution in [1.29, 1.82) is 0 Å². The summed E-state index contributed by atoms with van der Waals surface area (Å²) in [5, 5.41) is 11.7. The van der Waals surface area contributed by atoms with Crippen molar-refractivity contribution in [3.63, 3.8) is 0 Å². The van der Waals surface area contributed by atoms with E-state index in [0.29, 0.717) is 12.1 Å². The van der Waals surface area contributed by atoms with Gasteiger partial charge in [-0.05, 0) is 24.6 Å². The number of hydrogen-bond acceptors (Lipinski definition) is 5. The Hall–Kier alpha value is -3.00. The van der Waals surface area contributed by atoms with Gasteiger partial charge in [-0.2, -0.15) is 10.2 Å². The fourth-order valence-corrected chi connectivity index (χ4v) is 3.57. The second-order valence-electron chi connectivity index (χ2n) is 6.89. The maximum absolute atomic E-state index is 12.2. The molecule has 1 aliphatic heterocycles. The van der Waals surface area contributed by atoms with Crippen molar-refractivity contribution in [2.24, 2.45) is 7.05 Å². The Morgan fingerprint density at radius 2 is 2.07 bits per heavy atom. The Morgan fingerprint density at radius 3 is 2.85 bits per heavy atom. The first-order chi connectivity index (χ1) is 13.2. The largest absolute Gasteiger partial charge is 0.352 e. The van der Waals surface area contributed by atoms with E-state index in [9.17, 15) is 4.79 Å². The molecule has 27 heavy (non-hydrogen) atoms. The summed E-state index contributed by atoms with van der Waals surface area (Å²) in [5.74, 6) is -0.0684. The van der Waals surface area contributed by atoms with Crippen molar-refractivity contribution in [3.8, 4) is 0 Å². The molecule has 3 aromatic rings. The van der Waals surface area contributed by atoms with Gasteiger partial charge >= 0.3 is 0 Å². The molecule has 0 saturated carbocycles. The summed E-state index contributed by atoms with van der Waals surface area (Å²) in [4.78, 5) is 18.6. The number of carbonyl (C=O) groups is 1. The van der Waals surface area contributed by atoms with E-state index in [1.165, 1.54) is 11.3 Å². The summed E-state index contributed by atoms with van der Waals surface area (Å²) in [7, 11) is 1.93. The Kier molecular flexibility index (Phi) is 4.97. The number of aromatic nitrogens is 5.